The van der Waals surface area contributed by atoms with Crippen LogP contribution in [0, 0.1) is 0 Å². The first-order chi connectivity index (χ1) is 6.36. The number of rotatable bonds is 4. The maximum atomic E-state index is 3.71. The molecule has 0 aliphatic rings. The molecule has 0 heterocycles. The Morgan fingerprint density at radius 3 is 2.54 bits per heavy atom. The molecule has 0 aromatic heterocycles. The summed E-state index contributed by atoms with van der Waals surface area (Å²) in [5, 5.41) is 0. The normalized spacial score (nSPS) is 11.3. The van der Waals surface area contributed by atoms with Crippen LogP contribution >= 0.6 is 0 Å². The molecule has 0 saturated heterocycles. The zero-order chi connectivity index (χ0) is 9.52. The Hall–Kier alpha value is -1.30. The Kier molecular flexibility index (Phi) is 4.04. The predicted molar refractivity (Wildman–Crippen MR) is 58.7 cm³/mol. The third-order valence-corrected chi connectivity index (χ3v) is 2.08. The summed E-state index contributed by atoms with van der Waals surface area (Å²) in [6.45, 7) is 5.89. The molecule has 0 saturated carbocycles. The van der Waals surface area contributed by atoms with Crippen molar-refractivity contribution in [2.45, 2.75) is 19.8 Å². The third-order valence-electron chi connectivity index (χ3n) is 2.08. The lowest BCUT2D eigenvalue weighted by molar-refractivity contribution is 1.00. The topological polar surface area (TPSA) is 0 Å². The van der Waals surface area contributed by atoms with Gasteiger partial charge in [0.25, 0.3) is 0 Å². The van der Waals surface area contributed by atoms with Crippen LogP contribution in [-0.4, -0.2) is 0 Å². The Labute approximate surface area is 80.6 Å². The van der Waals surface area contributed by atoms with Crippen LogP contribution in [0.4, 0.5) is 0 Å². The monoisotopic (exact) mass is 172 g/mol. The Morgan fingerprint density at radius 1 is 1.31 bits per heavy atom. The minimum Gasteiger partial charge on any atom is -0.0991 e. The molecule has 0 spiro atoms. The molecule has 68 valence electrons. The lowest BCUT2D eigenvalue weighted by Gasteiger charge is -2.03. The zero-order valence-corrected chi connectivity index (χ0v) is 8.16. The fourth-order valence-electron chi connectivity index (χ4n) is 1.33. The van der Waals surface area contributed by atoms with Gasteiger partial charge in [-0.25, -0.2) is 0 Å². The quantitative estimate of drug-likeness (QED) is 0.607. The van der Waals surface area contributed by atoms with E-state index in [0.717, 1.165) is 12.8 Å². The van der Waals surface area contributed by atoms with Crippen molar-refractivity contribution in [1.29, 1.82) is 0 Å². The van der Waals surface area contributed by atoms with E-state index in [2.05, 4.69) is 43.8 Å². The van der Waals surface area contributed by atoms with Gasteiger partial charge in [-0.15, -0.1) is 0 Å². The van der Waals surface area contributed by atoms with E-state index in [4.69, 9.17) is 0 Å². The molecule has 13 heavy (non-hydrogen) atoms. The highest BCUT2D eigenvalue weighted by Crippen LogP contribution is 2.10. The van der Waals surface area contributed by atoms with Gasteiger partial charge in [0.2, 0.25) is 0 Å². The SMILES string of the molecule is C=CC=C(CC)Cc1ccccc1. The first-order valence-corrected chi connectivity index (χ1v) is 4.71. The van der Waals surface area contributed by atoms with E-state index in [1.807, 2.05) is 12.1 Å². The van der Waals surface area contributed by atoms with Gasteiger partial charge in [-0.05, 0) is 18.4 Å². The maximum Gasteiger partial charge on any atom is -0.00641 e. The lowest BCUT2D eigenvalue weighted by Crippen LogP contribution is -1.88. The fourth-order valence-corrected chi connectivity index (χ4v) is 1.33. The molecule has 0 unspecified atom stereocenters. The number of allylic oxidation sites excluding steroid dienone is 3. The molecular weight excluding hydrogens is 156 g/mol. The summed E-state index contributed by atoms with van der Waals surface area (Å²) in [5.41, 5.74) is 2.80. The van der Waals surface area contributed by atoms with Gasteiger partial charge in [-0.2, -0.15) is 0 Å². The van der Waals surface area contributed by atoms with Crippen LogP contribution in [0.25, 0.3) is 0 Å². The van der Waals surface area contributed by atoms with Crippen molar-refractivity contribution in [3.63, 3.8) is 0 Å². The van der Waals surface area contributed by atoms with Gasteiger partial charge in [0.15, 0.2) is 0 Å². The van der Waals surface area contributed by atoms with Crippen LogP contribution in [0.2, 0.25) is 0 Å². The molecule has 0 radical (unpaired) electrons. The average molecular weight is 172 g/mol. The Bertz CT molecular complexity index is 280. The third kappa shape index (κ3) is 3.29. The molecule has 1 aromatic rings. The summed E-state index contributed by atoms with van der Waals surface area (Å²) in [7, 11) is 0. The van der Waals surface area contributed by atoms with E-state index < -0.39 is 0 Å². The maximum absolute atomic E-state index is 3.71. The predicted octanol–water partition coefficient (Wildman–Crippen LogP) is 3.75. The molecule has 0 heteroatoms. The van der Waals surface area contributed by atoms with Gasteiger partial charge >= 0.3 is 0 Å². The smallest absolute Gasteiger partial charge is 0.00641 e. The molecular formula is C13H16. The van der Waals surface area contributed by atoms with Gasteiger partial charge in [0.1, 0.15) is 0 Å². The van der Waals surface area contributed by atoms with Crippen molar-refractivity contribution in [2.24, 2.45) is 0 Å². The second-order valence-electron chi connectivity index (χ2n) is 3.08. The second-order valence-corrected chi connectivity index (χ2v) is 3.08. The van der Waals surface area contributed by atoms with Crippen LogP contribution < -0.4 is 0 Å². The molecule has 0 aliphatic carbocycles. The van der Waals surface area contributed by atoms with Gasteiger partial charge in [0.05, 0.1) is 0 Å². The van der Waals surface area contributed by atoms with Gasteiger partial charge in [-0.3, -0.25) is 0 Å². The Morgan fingerprint density at radius 2 is 2.00 bits per heavy atom. The standard InChI is InChI=1S/C13H16/c1-3-8-12(4-2)11-13-9-6-5-7-10-13/h3,5-10H,1,4,11H2,2H3. The molecule has 1 rings (SSSR count). The molecule has 0 N–H and O–H groups in total. The highest BCUT2D eigenvalue weighted by molar-refractivity contribution is 5.23. The van der Waals surface area contributed by atoms with Crippen LogP contribution in [0.15, 0.2) is 54.6 Å². The summed E-state index contributed by atoms with van der Waals surface area (Å²) in [5.74, 6) is 0. The van der Waals surface area contributed by atoms with Crippen molar-refractivity contribution >= 4 is 0 Å². The van der Waals surface area contributed by atoms with Gasteiger partial charge in [-0.1, -0.05) is 61.6 Å². The van der Waals surface area contributed by atoms with Gasteiger partial charge < -0.3 is 0 Å². The molecule has 0 atom stereocenters. The van der Waals surface area contributed by atoms with Crippen molar-refractivity contribution in [3.05, 3.63) is 60.2 Å². The first-order valence-electron chi connectivity index (χ1n) is 4.71. The van der Waals surface area contributed by atoms with E-state index in [0.29, 0.717) is 0 Å². The van der Waals surface area contributed by atoms with Crippen molar-refractivity contribution in [3.8, 4) is 0 Å². The second kappa shape index (κ2) is 5.36. The average Bonchev–Trinajstić information content (AvgIpc) is 2.19. The lowest BCUT2D eigenvalue weighted by atomic mass is 10.0. The minimum absolute atomic E-state index is 1.04. The molecule has 0 aliphatic heterocycles. The van der Waals surface area contributed by atoms with E-state index in [-0.39, 0.29) is 0 Å². The first kappa shape index (κ1) is 9.79. The van der Waals surface area contributed by atoms with E-state index in [9.17, 15) is 0 Å². The van der Waals surface area contributed by atoms with E-state index in [1.54, 1.807) is 0 Å². The van der Waals surface area contributed by atoms with Gasteiger partial charge in [0, 0.05) is 0 Å². The summed E-state index contributed by atoms with van der Waals surface area (Å²) in [6, 6.07) is 10.5. The molecule has 1 aromatic carbocycles. The summed E-state index contributed by atoms with van der Waals surface area (Å²) in [4.78, 5) is 0. The van der Waals surface area contributed by atoms with E-state index >= 15 is 0 Å². The highest BCUT2D eigenvalue weighted by Gasteiger charge is 1.94. The molecule has 0 amide bonds. The van der Waals surface area contributed by atoms with Crippen LogP contribution in [0.5, 0.6) is 0 Å². The van der Waals surface area contributed by atoms with Crippen LogP contribution in [0.1, 0.15) is 18.9 Å². The summed E-state index contributed by atoms with van der Waals surface area (Å²) in [6.07, 6.45) is 6.11. The molecule has 0 bridgehead atoms. The number of hydrogen-bond donors (Lipinski definition) is 0. The van der Waals surface area contributed by atoms with Crippen molar-refractivity contribution < 1.29 is 0 Å². The highest BCUT2D eigenvalue weighted by atomic mass is 14.0. The largest absolute Gasteiger partial charge is 0.0991 e. The summed E-state index contributed by atoms with van der Waals surface area (Å²) < 4.78 is 0. The number of hydrogen-bond acceptors (Lipinski definition) is 0. The Balaban J connectivity index is 2.67. The van der Waals surface area contributed by atoms with Crippen LogP contribution in [0.3, 0.4) is 0 Å². The zero-order valence-electron chi connectivity index (χ0n) is 8.16. The minimum atomic E-state index is 1.04. The van der Waals surface area contributed by atoms with Crippen molar-refractivity contribution in [2.75, 3.05) is 0 Å². The number of benzene rings is 1. The van der Waals surface area contributed by atoms with Crippen LogP contribution in [-0.2, 0) is 6.42 Å². The van der Waals surface area contributed by atoms with Crippen molar-refractivity contribution in [1.82, 2.24) is 0 Å². The fraction of sp³-hybridized carbons (Fsp3) is 0.231. The molecule has 0 fully saturated rings. The molecule has 0 nitrogen and oxygen atoms in total. The van der Waals surface area contributed by atoms with E-state index in [1.165, 1.54) is 11.1 Å². The summed E-state index contributed by atoms with van der Waals surface area (Å²) >= 11 is 0.